The Labute approximate surface area is 274 Å². The van der Waals surface area contributed by atoms with Crippen LogP contribution in [0.25, 0.3) is 11.1 Å². The molecular formula is C33H40Cl2N4O6. The molecule has 12 heteroatoms. The van der Waals surface area contributed by atoms with Crippen molar-refractivity contribution in [2.24, 2.45) is 0 Å². The molecule has 0 radical (unpaired) electrons. The highest BCUT2D eigenvalue weighted by atomic mass is 35.5. The molecule has 0 aliphatic carbocycles. The number of rotatable bonds is 10. The van der Waals surface area contributed by atoms with Gasteiger partial charge in [0.1, 0.15) is 29.5 Å². The number of anilines is 1. The summed E-state index contributed by atoms with van der Waals surface area (Å²) >= 11 is 12.5. The highest BCUT2D eigenvalue weighted by Gasteiger charge is 2.29. The van der Waals surface area contributed by atoms with Crippen LogP contribution < -0.4 is 15.0 Å². The number of amides is 2. The standard InChI is InChI=1S/C33H40Cl2N4O6/c1-33(2,3)45-32(41)38(4)27-8-11-39(12-9-27)30-7-6-28(20-37-30)44-29-15-22(21-43-31(40)36-10-13-42-5)14-23(18-29)24-16-25(34)19-26(35)17-24/h6-7,14-20,27H,8-13,21H2,1-5H3,(H,36,40). The van der Waals surface area contributed by atoms with Crippen LogP contribution in [0.4, 0.5) is 15.4 Å². The number of piperidine rings is 1. The maximum atomic E-state index is 12.5. The first-order chi connectivity index (χ1) is 21.4. The number of carbonyl (C=O) groups is 2. The van der Waals surface area contributed by atoms with Crippen LogP contribution in [0.3, 0.4) is 0 Å². The lowest BCUT2D eigenvalue weighted by Gasteiger charge is -2.37. The average molecular weight is 660 g/mol. The van der Waals surface area contributed by atoms with Gasteiger partial charge in [-0.15, -0.1) is 0 Å². The SMILES string of the molecule is COCCNC(=O)OCc1cc(Oc2ccc(N3CCC(N(C)C(=O)OC(C)(C)C)CC3)nc2)cc(-c2cc(Cl)cc(Cl)c2)c1. The monoisotopic (exact) mass is 658 g/mol. The quantitative estimate of drug-likeness (QED) is 0.223. The molecule has 2 aromatic carbocycles. The molecule has 45 heavy (non-hydrogen) atoms. The second-order valence-corrected chi connectivity index (χ2v) is 12.7. The number of aromatic nitrogens is 1. The summed E-state index contributed by atoms with van der Waals surface area (Å²) in [6, 6.07) is 14.7. The average Bonchev–Trinajstić information content (AvgIpc) is 2.99. The molecular weight excluding hydrogens is 619 g/mol. The van der Waals surface area contributed by atoms with Gasteiger partial charge in [-0.05, 0) is 98.8 Å². The van der Waals surface area contributed by atoms with E-state index in [0.29, 0.717) is 40.3 Å². The first kappa shape index (κ1) is 34.1. The van der Waals surface area contributed by atoms with Gasteiger partial charge in [-0.2, -0.15) is 0 Å². The van der Waals surface area contributed by atoms with Gasteiger partial charge in [0, 0.05) is 49.9 Å². The van der Waals surface area contributed by atoms with E-state index in [9.17, 15) is 9.59 Å². The molecule has 0 saturated carbocycles. The highest BCUT2D eigenvalue weighted by Crippen LogP contribution is 2.33. The first-order valence-electron chi connectivity index (χ1n) is 14.7. The molecule has 10 nitrogen and oxygen atoms in total. The summed E-state index contributed by atoms with van der Waals surface area (Å²) in [5.74, 6) is 1.91. The first-order valence-corrected chi connectivity index (χ1v) is 15.5. The van der Waals surface area contributed by atoms with E-state index in [0.717, 1.165) is 42.9 Å². The third kappa shape index (κ3) is 10.4. The molecule has 1 N–H and O–H groups in total. The van der Waals surface area contributed by atoms with Gasteiger partial charge >= 0.3 is 12.2 Å². The van der Waals surface area contributed by atoms with Gasteiger partial charge in [0.25, 0.3) is 0 Å². The number of ether oxygens (including phenoxy) is 4. The summed E-state index contributed by atoms with van der Waals surface area (Å²) in [4.78, 5) is 33.1. The lowest BCUT2D eigenvalue weighted by Crippen LogP contribution is -2.47. The molecule has 1 aliphatic rings. The van der Waals surface area contributed by atoms with Crippen LogP contribution in [0.15, 0.2) is 54.7 Å². The van der Waals surface area contributed by atoms with Crippen molar-refractivity contribution in [1.29, 1.82) is 0 Å². The molecule has 2 amide bonds. The van der Waals surface area contributed by atoms with Gasteiger partial charge in [-0.3, -0.25) is 0 Å². The molecule has 2 heterocycles. The van der Waals surface area contributed by atoms with Crippen LogP contribution in [-0.4, -0.2) is 74.1 Å². The van der Waals surface area contributed by atoms with Gasteiger partial charge in [-0.1, -0.05) is 23.2 Å². The number of hydrogen-bond donors (Lipinski definition) is 1. The molecule has 3 aromatic rings. The molecule has 0 spiro atoms. The number of nitrogens with one attached hydrogen (secondary N) is 1. The van der Waals surface area contributed by atoms with E-state index in [-0.39, 0.29) is 18.7 Å². The molecule has 1 fully saturated rings. The summed E-state index contributed by atoms with van der Waals surface area (Å²) < 4.78 is 22.1. The fourth-order valence-corrected chi connectivity index (χ4v) is 5.39. The molecule has 1 aromatic heterocycles. The zero-order chi connectivity index (χ0) is 32.6. The van der Waals surface area contributed by atoms with Crippen LogP contribution in [-0.2, 0) is 20.8 Å². The van der Waals surface area contributed by atoms with Crippen LogP contribution in [0, 0.1) is 0 Å². The molecule has 0 unspecified atom stereocenters. The van der Waals surface area contributed by atoms with Crippen molar-refractivity contribution in [3.63, 3.8) is 0 Å². The Morgan fingerprint density at radius 3 is 2.31 bits per heavy atom. The molecule has 0 bridgehead atoms. The summed E-state index contributed by atoms with van der Waals surface area (Å²) in [6.07, 6.45) is 2.45. The Bertz CT molecular complexity index is 1440. The van der Waals surface area contributed by atoms with Gasteiger partial charge in [0.2, 0.25) is 0 Å². The van der Waals surface area contributed by atoms with E-state index in [1.54, 1.807) is 49.5 Å². The Kier molecular flexibility index (Phi) is 11.8. The number of alkyl carbamates (subject to hydrolysis) is 1. The van der Waals surface area contributed by atoms with Gasteiger partial charge in [0.05, 0.1) is 12.8 Å². The van der Waals surface area contributed by atoms with Crippen molar-refractivity contribution in [3.8, 4) is 22.6 Å². The highest BCUT2D eigenvalue weighted by molar-refractivity contribution is 6.35. The lowest BCUT2D eigenvalue weighted by molar-refractivity contribution is 0.0200. The number of hydrogen-bond acceptors (Lipinski definition) is 8. The van der Waals surface area contributed by atoms with E-state index in [4.69, 9.17) is 42.1 Å². The fourth-order valence-electron chi connectivity index (χ4n) is 4.87. The number of pyridine rings is 1. The molecule has 0 atom stereocenters. The van der Waals surface area contributed by atoms with Crippen molar-refractivity contribution >= 4 is 41.2 Å². The second kappa shape index (κ2) is 15.5. The minimum Gasteiger partial charge on any atom is -0.456 e. The topological polar surface area (TPSA) is 102 Å². The zero-order valence-corrected chi connectivity index (χ0v) is 27.8. The van der Waals surface area contributed by atoms with E-state index < -0.39 is 11.7 Å². The number of methoxy groups -OCH3 is 1. The summed E-state index contributed by atoms with van der Waals surface area (Å²) in [5.41, 5.74) is 1.77. The van der Waals surface area contributed by atoms with E-state index in [1.807, 2.05) is 45.0 Å². The molecule has 4 rings (SSSR count). The van der Waals surface area contributed by atoms with Crippen molar-refractivity contribution in [2.45, 2.75) is 51.9 Å². The van der Waals surface area contributed by atoms with E-state index in [2.05, 4.69) is 15.2 Å². The predicted molar refractivity (Wildman–Crippen MR) is 176 cm³/mol. The second-order valence-electron chi connectivity index (χ2n) is 11.8. The number of nitrogens with zero attached hydrogens (tertiary/aromatic N) is 3. The maximum absolute atomic E-state index is 12.5. The minimum absolute atomic E-state index is 0.0214. The Morgan fingerprint density at radius 1 is 1.00 bits per heavy atom. The third-order valence-electron chi connectivity index (χ3n) is 7.08. The summed E-state index contributed by atoms with van der Waals surface area (Å²) in [5, 5.41) is 3.63. The van der Waals surface area contributed by atoms with Crippen LogP contribution in [0.5, 0.6) is 11.5 Å². The number of benzene rings is 2. The van der Waals surface area contributed by atoms with Crippen LogP contribution in [0.2, 0.25) is 10.0 Å². The summed E-state index contributed by atoms with van der Waals surface area (Å²) in [7, 11) is 3.35. The number of halogens is 2. The lowest BCUT2D eigenvalue weighted by atomic mass is 10.0. The Balaban J connectivity index is 1.43. The smallest absolute Gasteiger partial charge is 0.410 e. The van der Waals surface area contributed by atoms with Gasteiger partial charge in [0.15, 0.2) is 0 Å². The van der Waals surface area contributed by atoms with Crippen LogP contribution in [0.1, 0.15) is 39.2 Å². The molecule has 1 saturated heterocycles. The maximum Gasteiger partial charge on any atom is 0.410 e. The molecule has 242 valence electrons. The summed E-state index contributed by atoms with van der Waals surface area (Å²) in [6.45, 7) is 7.87. The van der Waals surface area contributed by atoms with Crippen molar-refractivity contribution in [3.05, 3.63) is 70.3 Å². The van der Waals surface area contributed by atoms with E-state index >= 15 is 0 Å². The van der Waals surface area contributed by atoms with Gasteiger partial charge in [-0.25, -0.2) is 14.6 Å². The van der Waals surface area contributed by atoms with Crippen molar-refractivity contribution in [1.82, 2.24) is 15.2 Å². The predicted octanol–water partition coefficient (Wildman–Crippen LogP) is 7.56. The normalized spacial score (nSPS) is 13.7. The third-order valence-corrected chi connectivity index (χ3v) is 7.52. The zero-order valence-electron chi connectivity index (χ0n) is 26.3. The largest absolute Gasteiger partial charge is 0.456 e. The molecule has 1 aliphatic heterocycles. The van der Waals surface area contributed by atoms with Crippen molar-refractivity contribution in [2.75, 3.05) is 45.3 Å². The number of carbonyl (C=O) groups excluding carboxylic acids is 2. The Morgan fingerprint density at radius 2 is 1.69 bits per heavy atom. The van der Waals surface area contributed by atoms with Crippen LogP contribution >= 0.6 is 23.2 Å². The van der Waals surface area contributed by atoms with E-state index in [1.165, 1.54) is 0 Å². The fraction of sp³-hybridized carbons (Fsp3) is 0.424. The minimum atomic E-state index is -0.550. The van der Waals surface area contributed by atoms with Crippen molar-refractivity contribution < 1.29 is 28.5 Å². The van der Waals surface area contributed by atoms with Gasteiger partial charge < -0.3 is 34.1 Å². The Hall–Kier alpha value is -3.73.